The van der Waals surface area contributed by atoms with Gasteiger partial charge >= 0.3 is 0 Å². The molecule has 0 heterocycles. The predicted molar refractivity (Wildman–Crippen MR) is 37.8 cm³/mol. The van der Waals surface area contributed by atoms with Crippen LogP contribution in [0.25, 0.3) is 0 Å². The Kier molecular flexibility index (Phi) is 3.56. The predicted octanol–water partition coefficient (Wildman–Crippen LogP) is 0.327. The standard InChI is InChI=1S/C5H9BrN2/c1-4(3-7)2-5(6)8/h2-3H,7-8H2,1H3/p+1. The molecule has 0 fully saturated rings. The zero-order chi connectivity index (χ0) is 6.57. The molecule has 0 bridgehead atoms. The summed E-state index contributed by atoms with van der Waals surface area (Å²) < 4.78 is 0.634. The quantitative estimate of drug-likeness (QED) is 0.441. The summed E-state index contributed by atoms with van der Waals surface area (Å²) in [4.78, 5) is 0. The Balaban J connectivity index is 3.89. The van der Waals surface area contributed by atoms with Crippen LogP contribution in [0.3, 0.4) is 0 Å². The van der Waals surface area contributed by atoms with Crippen molar-refractivity contribution >= 4 is 15.9 Å². The Labute approximate surface area is 57.4 Å². The minimum atomic E-state index is 0.634. The Morgan fingerprint density at radius 1 is 1.75 bits per heavy atom. The average Bonchev–Trinajstić information content (AvgIpc) is 1.65. The first kappa shape index (κ1) is 7.72. The Hall–Kier alpha value is -0.280. The van der Waals surface area contributed by atoms with Crippen LogP contribution in [-0.2, 0) is 0 Å². The molecule has 0 aliphatic rings. The molecule has 8 heavy (non-hydrogen) atoms. The van der Waals surface area contributed by atoms with Crippen molar-refractivity contribution in [3.05, 3.63) is 22.5 Å². The summed E-state index contributed by atoms with van der Waals surface area (Å²) in [7, 11) is 0. The molecule has 0 atom stereocenters. The van der Waals surface area contributed by atoms with Crippen molar-refractivity contribution in [1.29, 1.82) is 0 Å². The Morgan fingerprint density at radius 2 is 2.25 bits per heavy atom. The van der Waals surface area contributed by atoms with Crippen molar-refractivity contribution in [2.24, 2.45) is 5.73 Å². The van der Waals surface area contributed by atoms with Gasteiger partial charge in [-0.1, -0.05) is 0 Å². The maximum atomic E-state index is 5.28. The molecule has 0 saturated heterocycles. The van der Waals surface area contributed by atoms with E-state index >= 15 is 0 Å². The van der Waals surface area contributed by atoms with E-state index in [0.29, 0.717) is 4.61 Å². The van der Waals surface area contributed by atoms with E-state index in [0.717, 1.165) is 5.57 Å². The lowest BCUT2D eigenvalue weighted by atomic mass is 10.3. The van der Waals surface area contributed by atoms with Crippen LogP contribution in [0.4, 0.5) is 0 Å². The van der Waals surface area contributed by atoms with Crippen LogP contribution in [0.15, 0.2) is 22.5 Å². The molecule has 3 heteroatoms. The summed E-state index contributed by atoms with van der Waals surface area (Å²) in [6.45, 7) is 1.93. The van der Waals surface area contributed by atoms with Gasteiger partial charge in [0.15, 0.2) is 0 Å². The van der Waals surface area contributed by atoms with E-state index in [-0.39, 0.29) is 0 Å². The van der Waals surface area contributed by atoms with Crippen molar-refractivity contribution in [2.75, 3.05) is 0 Å². The zero-order valence-corrected chi connectivity index (χ0v) is 6.40. The van der Waals surface area contributed by atoms with Crippen LogP contribution < -0.4 is 11.5 Å². The maximum Gasteiger partial charge on any atom is 0.0939 e. The minimum absolute atomic E-state index is 0.634. The highest BCUT2D eigenvalue weighted by atomic mass is 79.9. The summed E-state index contributed by atoms with van der Waals surface area (Å²) in [6.07, 6.45) is 3.54. The Morgan fingerprint density at radius 3 is 2.38 bits per heavy atom. The maximum absolute atomic E-state index is 5.28. The molecule has 0 aromatic rings. The van der Waals surface area contributed by atoms with Crippen LogP contribution >= 0.6 is 15.9 Å². The molecule has 46 valence electrons. The molecular weight excluding hydrogens is 168 g/mol. The lowest BCUT2D eigenvalue weighted by Crippen LogP contribution is -2.39. The molecule has 0 saturated carbocycles. The second-order valence-electron chi connectivity index (χ2n) is 1.48. The molecule has 2 nitrogen and oxygen atoms in total. The molecular formula is C5H10BrN2+. The fourth-order valence-electron chi connectivity index (χ4n) is 0.276. The molecule has 0 unspecified atom stereocenters. The minimum Gasteiger partial charge on any atom is -0.393 e. The first-order valence-electron chi connectivity index (χ1n) is 2.25. The van der Waals surface area contributed by atoms with Gasteiger partial charge < -0.3 is 11.5 Å². The number of rotatable bonds is 1. The largest absolute Gasteiger partial charge is 0.393 e. The van der Waals surface area contributed by atoms with Crippen LogP contribution in [0, 0.1) is 0 Å². The number of hydrogen-bond donors (Lipinski definition) is 2. The number of nitrogens with two attached hydrogens (primary N) is 1. The van der Waals surface area contributed by atoms with E-state index in [1.807, 2.05) is 6.92 Å². The lowest BCUT2D eigenvalue weighted by Gasteiger charge is -1.85. The van der Waals surface area contributed by atoms with Crippen molar-refractivity contribution in [3.8, 4) is 0 Å². The molecule has 0 spiro atoms. The summed E-state index contributed by atoms with van der Waals surface area (Å²) in [5, 5.41) is 0. The van der Waals surface area contributed by atoms with E-state index < -0.39 is 0 Å². The van der Waals surface area contributed by atoms with Crippen LogP contribution in [0.2, 0.25) is 0 Å². The van der Waals surface area contributed by atoms with E-state index in [1.54, 1.807) is 12.3 Å². The number of halogens is 1. The fourth-order valence-corrected chi connectivity index (χ4v) is 0.638. The molecule has 0 aromatic carbocycles. The summed E-state index contributed by atoms with van der Waals surface area (Å²) in [5.74, 6) is 0. The van der Waals surface area contributed by atoms with Crippen molar-refractivity contribution in [2.45, 2.75) is 6.92 Å². The van der Waals surface area contributed by atoms with E-state index in [1.165, 1.54) is 0 Å². The number of allylic oxidation sites excluding steroid dienone is 2. The molecule has 0 amide bonds. The van der Waals surface area contributed by atoms with Gasteiger partial charge in [0, 0.05) is 5.57 Å². The SMILES string of the molecule is CC(C=C(N)Br)=C[NH3+]. The summed E-state index contributed by atoms with van der Waals surface area (Å²) >= 11 is 3.09. The number of quaternary nitrogens is 1. The smallest absolute Gasteiger partial charge is 0.0939 e. The van der Waals surface area contributed by atoms with Gasteiger partial charge in [0.25, 0.3) is 0 Å². The summed E-state index contributed by atoms with van der Waals surface area (Å²) in [6, 6.07) is 0. The molecule has 0 aromatic heterocycles. The molecule has 0 aliphatic heterocycles. The second kappa shape index (κ2) is 3.69. The first-order chi connectivity index (χ1) is 3.66. The summed E-state index contributed by atoms with van der Waals surface area (Å²) in [5.41, 5.74) is 9.89. The van der Waals surface area contributed by atoms with Crippen LogP contribution in [0.1, 0.15) is 6.92 Å². The van der Waals surface area contributed by atoms with E-state index in [9.17, 15) is 0 Å². The highest BCUT2D eigenvalue weighted by Crippen LogP contribution is 1.99. The van der Waals surface area contributed by atoms with Gasteiger partial charge in [-0.25, -0.2) is 0 Å². The normalized spacial score (nSPS) is 14.4. The van der Waals surface area contributed by atoms with Gasteiger partial charge in [0.05, 0.1) is 10.8 Å². The highest BCUT2D eigenvalue weighted by Gasteiger charge is 1.81. The molecule has 0 aliphatic carbocycles. The lowest BCUT2D eigenvalue weighted by molar-refractivity contribution is -0.275. The topological polar surface area (TPSA) is 53.7 Å². The second-order valence-corrected chi connectivity index (χ2v) is 2.39. The van der Waals surface area contributed by atoms with E-state index in [2.05, 4.69) is 21.7 Å². The third kappa shape index (κ3) is 3.89. The molecule has 0 radical (unpaired) electrons. The van der Waals surface area contributed by atoms with Crippen LogP contribution in [0.5, 0.6) is 0 Å². The van der Waals surface area contributed by atoms with E-state index in [4.69, 9.17) is 5.73 Å². The van der Waals surface area contributed by atoms with Crippen molar-refractivity contribution < 1.29 is 5.73 Å². The zero-order valence-electron chi connectivity index (χ0n) is 4.82. The number of hydrogen-bond acceptors (Lipinski definition) is 1. The monoisotopic (exact) mass is 177 g/mol. The van der Waals surface area contributed by atoms with Crippen molar-refractivity contribution in [1.82, 2.24) is 0 Å². The van der Waals surface area contributed by atoms with Crippen molar-refractivity contribution in [3.63, 3.8) is 0 Å². The van der Waals surface area contributed by atoms with Crippen LogP contribution in [-0.4, -0.2) is 0 Å². The third-order valence-electron chi connectivity index (χ3n) is 0.688. The highest BCUT2D eigenvalue weighted by molar-refractivity contribution is 9.11. The molecule has 0 rings (SSSR count). The average molecular weight is 178 g/mol. The van der Waals surface area contributed by atoms with Gasteiger partial charge in [0.2, 0.25) is 0 Å². The Bertz CT molecular complexity index is 122. The van der Waals surface area contributed by atoms with Gasteiger partial charge in [-0.2, -0.15) is 0 Å². The first-order valence-corrected chi connectivity index (χ1v) is 3.04. The van der Waals surface area contributed by atoms with Gasteiger partial charge in [-0.3, -0.25) is 0 Å². The fraction of sp³-hybridized carbons (Fsp3) is 0.200. The van der Waals surface area contributed by atoms with Gasteiger partial charge in [-0.05, 0) is 28.9 Å². The third-order valence-corrected chi connectivity index (χ3v) is 0.916. The van der Waals surface area contributed by atoms with Gasteiger partial charge in [0.1, 0.15) is 0 Å². The molecule has 5 N–H and O–H groups in total. The van der Waals surface area contributed by atoms with Gasteiger partial charge in [-0.15, -0.1) is 0 Å².